The molecule has 2 saturated heterocycles. The molecule has 2 unspecified atom stereocenters. The van der Waals surface area contributed by atoms with Crippen LogP contribution in [-0.4, -0.2) is 71.1 Å². The summed E-state index contributed by atoms with van der Waals surface area (Å²) >= 11 is 0. The normalized spacial score (nSPS) is 23.2. The Kier molecular flexibility index (Phi) is 7.24. The van der Waals surface area contributed by atoms with Gasteiger partial charge in [-0.1, -0.05) is 13.8 Å². The molecule has 0 aromatic heterocycles. The maximum absolute atomic E-state index is 13.4. The van der Waals surface area contributed by atoms with E-state index in [1.54, 1.807) is 11.0 Å². The van der Waals surface area contributed by atoms with Crippen molar-refractivity contribution in [1.82, 2.24) is 9.62 Å². The minimum atomic E-state index is -3.95. The molecule has 3 heterocycles. The minimum absolute atomic E-state index is 0.0458. The van der Waals surface area contributed by atoms with Gasteiger partial charge in [0, 0.05) is 31.5 Å². The van der Waals surface area contributed by atoms with Gasteiger partial charge < -0.3 is 23.8 Å². The van der Waals surface area contributed by atoms with Crippen molar-refractivity contribution in [3.05, 3.63) is 18.2 Å². The van der Waals surface area contributed by atoms with Crippen molar-refractivity contribution < 1.29 is 32.2 Å². The lowest BCUT2D eigenvalue weighted by molar-refractivity contribution is -0.141. The third kappa shape index (κ3) is 5.19. The fourth-order valence-corrected chi connectivity index (χ4v) is 5.65. The number of nitrogens with one attached hydrogen (secondary N) is 1. The number of sulfonamides is 1. The number of ether oxygens (including phenoxy) is 4. The van der Waals surface area contributed by atoms with Gasteiger partial charge in [-0.3, -0.25) is 4.79 Å². The van der Waals surface area contributed by atoms with Crippen molar-refractivity contribution in [3.8, 4) is 11.5 Å². The predicted molar refractivity (Wildman–Crippen MR) is 116 cm³/mol. The lowest BCUT2D eigenvalue weighted by atomic mass is 9.95. The van der Waals surface area contributed by atoms with Gasteiger partial charge in [-0.15, -0.1) is 0 Å². The fraction of sp³-hybridized carbons (Fsp3) is 0.682. The summed E-state index contributed by atoms with van der Waals surface area (Å²) in [7, 11) is -3.95. The van der Waals surface area contributed by atoms with Gasteiger partial charge in [-0.2, -0.15) is 4.72 Å². The Hall–Kier alpha value is -1.88. The van der Waals surface area contributed by atoms with E-state index in [1.165, 1.54) is 12.1 Å². The zero-order valence-electron chi connectivity index (χ0n) is 18.6. The number of benzene rings is 1. The molecule has 0 spiro atoms. The quantitative estimate of drug-likeness (QED) is 0.679. The maximum atomic E-state index is 13.4. The van der Waals surface area contributed by atoms with Gasteiger partial charge >= 0.3 is 0 Å². The minimum Gasteiger partial charge on any atom is -0.490 e. The van der Waals surface area contributed by atoms with E-state index < -0.39 is 16.1 Å². The van der Waals surface area contributed by atoms with Crippen molar-refractivity contribution in [2.75, 3.05) is 39.5 Å². The highest BCUT2D eigenvalue weighted by Gasteiger charge is 2.37. The first kappa shape index (κ1) is 23.3. The first-order valence-corrected chi connectivity index (χ1v) is 12.8. The number of hydrogen-bond acceptors (Lipinski definition) is 7. The van der Waals surface area contributed by atoms with Gasteiger partial charge in [0.1, 0.15) is 6.04 Å². The van der Waals surface area contributed by atoms with Crippen molar-refractivity contribution >= 4 is 15.9 Å². The van der Waals surface area contributed by atoms with Crippen LogP contribution in [0.5, 0.6) is 11.5 Å². The lowest BCUT2D eigenvalue weighted by Crippen LogP contribution is -2.54. The smallest absolute Gasteiger partial charge is 0.241 e. The highest BCUT2D eigenvalue weighted by atomic mass is 32.2. The third-order valence-electron chi connectivity index (χ3n) is 6.05. The third-order valence-corrected chi connectivity index (χ3v) is 7.48. The van der Waals surface area contributed by atoms with Crippen LogP contribution in [0.1, 0.15) is 33.1 Å². The van der Waals surface area contributed by atoms with Crippen LogP contribution in [0.4, 0.5) is 0 Å². The number of carbonyl (C=O) groups excluding carboxylic acids is 1. The second-order valence-corrected chi connectivity index (χ2v) is 10.5. The molecular formula is C22H32N2O7S. The van der Waals surface area contributed by atoms with E-state index in [1.807, 2.05) is 13.8 Å². The Morgan fingerprint density at radius 1 is 1.06 bits per heavy atom. The van der Waals surface area contributed by atoms with Gasteiger partial charge in [-0.05, 0) is 30.9 Å². The van der Waals surface area contributed by atoms with Crippen molar-refractivity contribution in [3.63, 3.8) is 0 Å². The highest BCUT2D eigenvalue weighted by molar-refractivity contribution is 7.89. The van der Waals surface area contributed by atoms with Crippen LogP contribution < -0.4 is 14.2 Å². The van der Waals surface area contributed by atoms with Crippen LogP contribution in [0.25, 0.3) is 0 Å². The summed E-state index contributed by atoms with van der Waals surface area (Å²) < 4.78 is 51.4. The first-order valence-electron chi connectivity index (χ1n) is 11.3. The van der Waals surface area contributed by atoms with Gasteiger partial charge in [0.25, 0.3) is 0 Å². The molecule has 1 aromatic carbocycles. The van der Waals surface area contributed by atoms with E-state index >= 15 is 0 Å². The van der Waals surface area contributed by atoms with E-state index in [0.29, 0.717) is 51.0 Å². The fourth-order valence-electron chi connectivity index (χ4n) is 4.30. The molecule has 10 heteroatoms. The first-order chi connectivity index (χ1) is 15.3. The highest BCUT2D eigenvalue weighted by Crippen LogP contribution is 2.32. The van der Waals surface area contributed by atoms with Crippen LogP contribution in [0.2, 0.25) is 0 Å². The number of carbonyl (C=O) groups is 1. The van der Waals surface area contributed by atoms with E-state index in [9.17, 15) is 13.2 Å². The number of likely N-dealkylation sites (tertiary alicyclic amines) is 1. The number of fused-ring (bicyclic) bond motifs is 1. The standard InChI is InChI=1S/C22H32N2O7S/c1-15(2)20(21(25)24-8-3-5-16(14-24)22-30-11-12-31-22)23-32(26,27)17-6-7-18-19(13-17)29-10-4-9-28-18/h6-7,13,15-16,20,22-23H,3-5,8-12,14H2,1-2H3. The summed E-state index contributed by atoms with van der Waals surface area (Å²) in [5.74, 6) is 0.570. The van der Waals surface area contributed by atoms with E-state index in [2.05, 4.69) is 4.72 Å². The van der Waals surface area contributed by atoms with Crippen LogP contribution in [0.15, 0.2) is 23.1 Å². The van der Waals surface area contributed by atoms with E-state index in [-0.39, 0.29) is 28.9 Å². The molecule has 0 radical (unpaired) electrons. The molecule has 2 fully saturated rings. The van der Waals surface area contributed by atoms with Gasteiger partial charge in [0.2, 0.25) is 15.9 Å². The Morgan fingerprint density at radius 3 is 2.50 bits per heavy atom. The molecule has 2 atom stereocenters. The molecule has 0 bridgehead atoms. The molecule has 3 aliphatic heterocycles. The zero-order valence-corrected chi connectivity index (χ0v) is 19.4. The van der Waals surface area contributed by atoms with Crippen molar-refractivity contribution in [1.29, 1.82) is 0 Å². The molecule has 4 rings (SSSR count). The Bertz CT molecular complexity index is 915. The predicted octanol–water partition coefficient (Wildman–Crippen LogP) is 1.76. The van der Waals surface area contributed by atoms with Gasteiger partial charge in [0.15, 0.2) is 17.8 Å². The summed E-state index contributed by atoms with van der Waals surface area (Å²) in [4.78, 5) is 15.1. The molecule has 1 N–H and O–H groups in total. The summed E-state index contributed by atoms with van der Waals surface area (Å²) in [5.41, 5.74) is 0. The van der Waals surface area contributed by atoms with Gasteiger partial charge in [0.05, 0.1) is 31.3 Å². The number of hydrogen-bond donors (Lipinski definition) is 1. The SMILES string of the molecule is CC(C)C(NS(=O)(=O)c1ccc2c(c1)OCCCO2)C(=O)N1CCCC(C2OCCO2)C1. The van der Waals surface area contributed by atoms with Crippen molar-refractivity contribution in [2.45, 2.75) is 50.3 Å². The topological polar surface area (TPSA) is 103 Å². The summed E-state index contributed by atoms with van der Waals surface area (Å²) in [6.45, 7) is 6.89. The Labute approximate surface area is 189 Å². The van der Waals surface area contributed by atoms with Crippen molar-refractivity contribution in [2.24, 2.45) is 11.8 Å². The summed E-state index contributed by atoms with van der Waals surface area (Å²) in [6, 6.07) is 3.65. The summed E-state index contributed by atoms with van der Waals surface area (Å²) in [6.07, 6.45) is 2.19. The van der Waals surface area contributed by atoms with Crippen LogP contribution in [-0.2, 0) is 24.3 Å². The molecule has 3 aliphatic rings. The molecule has 1 aromatic rings. The number of nitrogens with zero attached hydrogens (tertiary/aromatic N) is 1. The second-order valence-electron chi connectivity index (χ2n) is 8.80. The van der Waals surface area contributed by atoms with E-state index in [0.717, 1.165) is 19.3 Å². The zero-order chi connectivity index (χ0) is 22.7. The lowest BCUT2D eigenvalue weighted by Gasteiger charge is -2.37. The monoisotopic (exact) mass is 468 g/mol. The van der Waals surface area contributed by atoms with E-state index in [4.69, 9.17) is 18.9 Å². The maximum Gasteiger partial charge on any atom is 0.241 e. The van der Waals surface area contributed by atoms with Crippen LogP contribution in [0.3, 0.4) is 0 Å². The molecule has 178 valence electrons. The molecule has 0 saturated carbocycles. The number of amides is 1. The largest absolute Gasteiger partial charge is 0.490 e. The average Bonchev–Trinajstić information content (AvgIpc) is 3.22. The molecule has 32 heavy (non-hydrogen) atoms. The Morgan fingerprint density at radius 2 is 1.78 bits per heavy atom. The molecule has 1 amide bonds. The number of rotatable bonds is 6. The average molecular weight is 469 g/mol. The molecule has 0 aliphatic carbocycles. The van der Waals surface area contributed by atoms with Crippen LogP contribution >= 0.6 is 0 Å². The molecular weight excluding hydrogens is 436 g/mol. The van der Waals surface area contributed by atoms with Crippen LogP contribution in [0, 0.1) is 11.8 Å². The van der Waals surface area contributed by atoms with Gasteiger partial charge in [-0.25, -0.2) is 8.42 Å². The second kappa shape index (κ2) is 9.94. The number of piperidine rings is 1. The summed E-state index contributed by atoms with van der Waals surface area (Å²) in [5, 5.41) is 0. The Balaban J connectivity index is 1.48. The molecule has 9 nitrogen and oxygen atoms in total.